The molecule has 2 aliphatic rings. The Balaban J connectivity index is 1.47. The van der Waals surface area contributed by atoms with Crippen LogP contribution in [-0.2, 0) is 34.2 Å². The van der Waals surface area contributed by atoms with Gasteiger partial charge in [-0.15, -0.1) is 0 Å². The van der Waals surface area contributed by atoms with Crippen molar-refractivity contribution in [2.24, 2.45) is 5.14 Å². The number of aryl methyl sites for hydroxylation is 1. The predicted octanol–water partition coefficient (Wildman–Crippen LogP) is 2.45. The molecule has 0 saturated heterocycles. The summed E-state index contributed by atoms with van der Waals surface area (Å²) in [5.41, 5.74) is 4.19. The molecule has 6 nitrogen and oxygen atoms in total. The number of hydrogen-bond donors (Lipinski definition) is 1. The molecule has 2 N–H and O–H groups in total. The Hall–Kier alpha value is -2.22. The van der Waals surface area contributed by atoms with Crippen LogP contribution < -0.4 is 10.0 Å². The van der Waals surface area contributed by atoms with E-state index in [0.29, 0.717) is 25.6 Å². The quantitative estimate of drug-likeness (QED) is 0.756. The topological polar surface area (TPSA) is 83.7 Å². The van der Waals surface area contributed by atoms with Crippen molar-refractivity contribution in [1.29, 1.82) is 0 Å². The number of primary sulfonamides is 1. The summed E-state index contributed by atoms with van der Waals surface area (Å²) < 4.78 is 23.2. The maximum absolute atomic E-state index is 13.1. The molecule has 7 heteroatoms. The number of nitrogens with two attached hydrogens (primary N) is 1. The molecular weight excluding hydrogens is 386 g/mol. The molecule has 1 aliphatic carbocycles. The first-order chi connectivity index (χ1) is 13.8. The molecule has 0 spiro atoms. The van der Waals surface area contributed by atoms with Gasteiger partial charge in [0.1, 0.15) is 0 Å². The minimum absolute atomic E-state index is 0.0594. The van der Waals surface area contributed by atoms with Gasteiger partial charge < -0.3 is 4.90 Å². The van der Waals surface area contributed by atoms with Crippen LogP contribution in [0.5, 0.6) is 0 Å². The van der Waals surface area contributed by atoms with Crippen LogP contribution in [0.15, 0.2) is 47.4 Å². The van der Waals surface area contributed by atoms with Gasteiger partial charge in [0.2, 0.25) is 15.9 Å². The third-order valence-electron chi connectivity index (χ3n) is 5.79. The molecular formula is C22H27N3O3S. The zero-order valence-electron chi connectivity index (χ0n) is 16.7. The first-order valence-electron chi connectivity index (χ1n) is 10.1. The van der Waals surface area contributed by atoms with Crippen molar-refractivity contribution in [3.05, 3.63) is 59.2 Å². The van der Waals surface area contributed by atoms with Crippen LogP contribution >= 0.6 is 0 Å². The number of fused-ring (bicyclic) bond motifs is 1. The van der Waals surface area contributed by atoms with E-state index in [1.165, 1.54) is 17.2 Å². The average molecular weight is 414 g/mol. The van der Waals surface area contributed by atoms with Crippen LogP contribution in [0.3, 0.4) is 0 Å². The Labute approximate surface area is 172 Å². The van der Waals surface area contributed by atoms with E-state index in [1.54, 1.807) is 17.0 Å². The molecule has 4 rings (SSSR count). The molecule has 1 amide bonds. The summed E-state index contributed by atoms with van der Waals surface area (Å²) in [7, 11) is -3.74. The molecule has 0 bridgehead atoms. The number of anilines is 1. The summed E-state index contributed by atoms with van der Waals surface area (Å²) in [5, 5.41) is 5.23. The van der Waals surface area contributed by atoms with Crippen LogP contribution in [0.1, 0.15) is 36.5 Å². The highest BCUT2D eigenvalue weighted by Gasteiger charge is 2.33. The summed E-state index contributed by atoms with van der Waals surface area (Å²) in [4.78, 5) is 17.2. The number of nitrogens with zero attached hydrogens (tertiary/aromatic N) is 2. The van der Waals surface area contributed by atoms with Crippen LogP contribution in [0.2, 0.25) is 0 Å². The lowest BCUT2D eigenvalue weighted by Gasteiger charge is -2.25. The first kappa shape index (κ1) is 20.1. The van der Waals surface area contributed by atoms with E-state index < -0.39 is 10.0 Å². The zero-order valence-corrected chi connectivity index (χ0v) is 17.5. The second-order valence-electron chi connectivity index (χ2n) is 7.94. The van der Waals surface area contributed by atoms with Gasteiger partial charge in [0.25, 0.3) is 0 Å². The third-order valence-corrected chi connectivity index (χ3v) is 6.71. The molecule has 2 aromatic carbocycles. The van der Waals surface area contributed by atoms with Crippen molar-refractivity contribution in [2.75, 3.05) is 18.0 Å². The van der Waals surface area contributed by atoms with Crippen LogP contribution in [0, 0.1) is 0 Å². The highest BCUT2D eigenvalue weighted by atomic mass is 32.2. The molecule has 2 aromatic rings. The molecule has 154 valence electrons. The number of sulfonamides is 1. The van der Waals surface area contributed by atoms with Crippen LogP contribution in [-0.4, -0.2) is 38.4 Å². The van der Waals surface area contributed by atoms with Gasteiger partial charge in [0.15, 0.2) is 0 Å². The molecule has 1 saturated carbocycles. The van der Waals surface area contributed by atoms with Crippen molar-refractivity contribution in [1.82, 2.24) is 4.90 Å². The van der Waals surface area contributed by atoms with E-state index in [1.807, 2.05) is 0 Å². The Morgan fingerprint density at radius 1 is 1.14 bits per heavy atom. The Kier molecular flexibility index (Phi) is 5.46. The van der Waals surface area contributed by atoms with E-state index >= 15 is 0 Å². The fraction of sp³-hybridized carbons (Fsp3) is 0.409. The number of rotatable bonds is 7. The largest absolute Gasteiger partial charge is 0.311 e. The highest BCUT2D eigenvalue weighted by molar-refractivity contribution is 7.89. The maximum Gasteiger partial charge on any atom is 0.241 e. The standard InChI is InChI=1S/C22H27N3O3S/c1-2-16-3-5-17(6-4-16)14-24(19-7-8-19)15-22(26)25-12-11-18-13-20(29(23,27)28)9-10-21(18)25/h3-6,9-10,13,19H,2,7-8,11-12,14-15H2,1H3,(H2,23,27,28). The summed E-state index contributed by atoms with van der Waals surface area (Å²) in [5.74, 6) is 0.0594. The molecule has 1 aliphatic heterocycles. The molecule has 0 aromatic heterocycles. The second kappa shape index (κ2) is 7.89. The average Bonchev–Trinajstić information content (AvgIpc) is 3.45. The lowest BCUT2D eigenvalue weighted by molar-refractivity contribution is -0.119. The van der Waals surface area contributed by atoms with E-state index in [-0.39, 0.29) is 10.8 Å². The first-order valence-corrected chi connectivity index (χ1v) is 11.7. The van der Waals surface area contributed by atoms with Crippen molar-refractivity contribution >= 4 is 21.6 Å². The van der Waals surface area contributed by atoms with Crippen molar-refractivity contribution in [3.8, 4) is 0 Å². The summed E-state index contributed by atoms with van der Waals surface area (Å²) in [6, 6.07) is 13.8. The fourth-order valence-corrected chi connectivity index (χ4v) is 4.51. The van der Waals surface area contributed by atoms with E-state index in [4.69, 9.17) is 5.14 Å². The summed E-state index contributed by atoms with van der Waals surface area (Å²) in [6.07, 6.45) is 3.93. The van der Waals surface area contributed by atoms with E-state index in [0.717, 1.165) is 37.1 Å². The SMILES string of the molecule is CCc1ccc(CN(CC(=O)N2CCc3cc(S(N)(=O)=O)ccc32)C2CC2)cc1. The smallest absolute Gasteiger partial charge is 0.241 e. The van der Waals surface area contributed by atoms with Gasteiger partial charge in [0, 0.05) is 24.8 Å². The number of benzene rings is 2. The normalized spacial score (nSPS) is 16.3. The van der Waals surface area contributed by atoms with Crippen molar-refractivity contribution < 1.29 is 13.2 Å². The van der Waals surface area contributed by atoms with Crippen LogP contribution in [0.25, 0.3) is 0 Å². The van der Waals surface area contributed by atoms with Crippen molar-refractivity contribution in [2.45, 2.75) is 50.1 Å². The Morgan fingerprint density at radius 3 is 2.45 bits per heavy atom. The zero-order chi connectivity index (χ0) is 20.6. The lowest BCUT2D eigenvalue weighted by Crippen LogP contribution is -2.40. The Bertz CT molecular complexity index is 1010. The lowest BCUT2D eigenvalue weighted by atomic mass is 10.1. The van der Waals surface area contributed by atoms with Gasteiger partial charge in [-0.2, -0.15) is 0 Å². The minimum Gasteiger partial charge on any atom is -0.311 e. The fourth-order valence-electron chi connectivity index (χ4n) is 3.94. The molecule has 1 heterocycles. The number of hydrogen-bond acceptors (Lipinski definition) is 4. The molecule has 0 atom stereocenters. The third kappa shape index (κ3) is 4.52. The Morgan fingerprint density at radius 2 is 1.83 bits per heavy atom. The van der Waals surface area contributed by atoms with Gasteiger partial charge in [0.05, 0.1) is 11.4 Å². The van der Waals surface area contributed by atoms with Crippen molar-refractivity contribution in [3.63, 3.8) is 0 Å². The van der Waals surface area contributed by atoms with E-state index in [9.17, 15) is 13.2 Å². The number of amides is 1. The highest BCUT2D eigenvalue weighted by Crippen LogP contribution is 2.32. The maximum atomic E-state index is 13.1. The van der Waals surface area contributed by atoms with Crippen LogP contribution in [0.4, 0.5) is 5.69 Å². The molecule has 0 unspecified atom stereocenters. The number of carbonyl (C=O) groups excluding carboxylic acids is 1. The van der Waals surface area contributed by atoms with Gasteiger partial charge in [-0.3, -0.25) is 9.69 Å². The van der Waals surface area contributed by atoms with Gasteiger partial charge in [-0.05, 0) is 60.6 Å². The minimum atomic E-state index is -3.74. The monoisotopic (exact) mass is 413 g/mol. The second-order valence-corrected chi connectivity index (χ2v) is 9.50. The molecule has 0 radical (unpaired) electrons. The summed E-state index contributed by atoms with van der Waals surface area (Å²) >= 11 is 0. The predicted molar refractivity (Wildman–Crippen MR) is 113 cm³/mol. The number of carbonyl (C=O) groups is 1. The van der Waals surface area contributed by atoms with Gasteiger partial charge in [-0.1, -0.05) is 31.2 Å². The molecule has 29 heavy (non-hydrogen) atoms. The van der Waals surface area contributed by atoms with Gasteiger partial charge in [-0.25, -0.2) is 13.6 Å². The van der Waals surface area contributed by atoms with E-state index in [2.05, 4.69) is 36.1 Å². The van der Waals surface area contributed by atoms with Gasteiger partial charge >= 0.3 is 0 Å². The molecule has 1 fully saturated rings. The summed E-state index contributed by atoms with van der Waals surface area (Å²) in [6.45, 7) is 3.86.